The van der Waals surface area contributed by atoms with Gasteiger partial charge in [0, 0.05) is 31.3 Å². The van der Waals surface area contributed by atoms with Crippen LogP contribution in [0.1, 0.15) is 22.5 Å². The van der Waals surface area contributed by atoms with Crippen molar-refractivity contribution in [3.63, 3.8) is 0 Å². The van der Waals surface area contributed by atoms with Crippen LogP contribution < -0.4 is 14.8 Å². The van der Waals surface area contributed by atoms with Gasteiger partial charge in [-0.05, 0) is 36.2 Å². The summed E-state index contributed by atoms with van der Waals surface area (Å²) in [7, 11) is 1.86. The molecule has 1 aromatic carbocycles. The molecule has 0 bridgehead atoms. The number of rotatable bonds is 6. The minimum Gasteiger partial charge on any atom is -0.491 e. The van der Waals surface area contributed by atoms with Gasteiger partial charge in [-0.3, -0.25) is 14.2 Å². The van der Waals surface area contributed by atoms with Gasteiger partial charge in [0.25, 0.3) is 5.91 Å². The SMILES string of the molecule is Cn1ccc(-c2ccc3c(c2)C[C@@H](NC(=O)c2cc4n(n2)CC(CCOC(F)(F)F)O4)CO3)n1. The molecule has 5 rings (SSSR count). The molecule has 0 saturated carbocycles. The summed E-state index contributed by atoms with van der Waals surface area (Å²) in [6, 6.07) is 9.04. The molecule has 0 aliphatic carbocycles. The Bertz CT molecular complexity index is 1180. The van der Waals surface area contributed by atoms with Crippen molar-refractivity contribution in [2.45, 2.75) is 37.9 Å². The van der Waals surface area contributed by atoms with Crippen molar-refractivity contribution in [3.05, 3.63) is 47.8 Å². The van der Waals surface area contributed by atoms with E-state index in [0.717, 1.165) is 22.6 Å². The third-order valence-corrected chi connectivity index (χ3v) is 5.66. The van der Waals surface area contributed by atoms with E-state index in [1.165, 1.54) is 10.7 Å². The van der Waals surface area contributed by atoms with Crippen LogP contribution in [0.3, 0.4) is 0 Å². The maximum absolute atomic E-state index is 12.7. The zero-order valence-corrected chi connectivity index (χ0v) is 18.2. The Morgan fingerprint density at radius 3 is 2.85 bits per heavy atom. The summed E-state index contributed by atoms with van der Waals surface area (Å²) >= 11 is 0. The van der Waals surface area contributed by atoms with Crippen LogP contribution in [0.2, 0.25) is 0 Å². The summed E-state index contributed by atoms with van der Waals surface area (Å²) in [5, 5.41) is 11.6. The fourth-order valence-corrected chi connectivity index (χ4v) is 4.07. The van der Waals surface area contributed by atoms with Gasteiger partial charge in [-0.15, -0.1) is 13.2 Å². The second kappa shape index (κ2) is 8.67. The number of ether oxygens (including phenoxy) is 3. The fourth-order valence-electron chi connectivity index (χ4n) is 4.07. The van der Waals surface area contributed by atoms with E-state index >= 15 is 0 Å². The van der Waals surface area contributed by atoms with E-state index in [1.807, 2.05) is 37.5 Å². The Labute approximate surface area is 192 Å². The molecule has 0 saturated heterocycles. The number of fused-ring (bicyclic) bond motifs is 2. The van der Waals surface area contributed by atoms with Gasteiger partial charge in [-0.2, -0.15) is 10.2 Å². The van der Waals surface area contributed by atoms with Crippen LogP contribution in [-0.2, 0) is 24.8 Å². The summed E-state index contributed by atoms with van der Waals surface area (Å²) in [5.74, 6) is 0.743. The molecule has 2 aliphatic rings. The average molecular weight is 477 g/mol. The first-order valence-corrected chi connectivity index (χ1v) is 10.8. The summed E-state index contributed by atoms with van der Waals surface area (Å²) in [4.78, 5) is 12.7. The van der Waals surface area contributed by atoms with Gasteiger partial charge in [0.05, 0.1) is 24.9 Å². The first-order valence-electron chi connectivity index (χ1n) is 10.8. The highest BCUT2D eigenvalue weighted by molar-refractivity contribution is 5.92. The van der Waals surface area contributed by atoms with Crippen LogP contribution in [-0.4, -0.2) is 57.2 Å². The van der Waals surface area contributed by atoms with Gasteiger partial charge >= 0.3 is 6.36 Å². The molecule has 2 atom stereocenters. The van der Waals surface area contributed by atoms with Gasteiger partial charge in [0.2, 0.25) is 5.88 Å². The van der Waals surface area contributed by atoms with E-state index < -0.39 is 19.1 Å². The van der Waals surface area contributed by atoms with Crippen molar-refractivity contribution in [2.24, 2.45) is 7.05 Å². The van der Waals surface area contributed by atoms with Crippen LogP contribution in [0, 0.1) is 0 Å². The maximum Gasteiger partial charge on any atom is 0.522 e. The van der Waals surface area contributed by atoms with Crippen molar-refractivity contribution in [2.75, 3.05) is 13.2 Å². The number of carbonyl (C=O) groups is 1. The predicted molar refractivity (Wildman–Crippen MR) is 112 cm³/mol. The van der Waals surface area contributed by atoms with Crippen LogP contribution in [0.5, 0.6) is 11.6 Å². The molecule has 1 amide bonds. The van der Waals surface area contributed by atoms with E-state index in [0.29, 0.717) is 18.9 Å². The van der Waals surface area contributed by atoms with Crippen LogP contribution in [0.25, 0.3) is 11.3 Å². The minimum atomic E-state index is -4.67. The van der Waals surface area contributed by atoms with Crippen molar-refractivity contribution in [1.82, 2.24) is 24.9 Å². The summed E-state index contributed by atoms with van der Waals surface area (Å²) in [5.41, 5.74) is 2.97. The Kier molecular flexibility index (Phi) is 5.68. The molecule has 180 valence electrons. The van der Waals surface area contributed by atoms with E-state index in [4.69, 9.17) is 9.47 Å². The second-order valence-electron chi connectivity index (χ2n) is 8.26. The fraction of sp³-hybridized carbons (Fsp3) is 0.409. The molecule has 12 heteroatoms. The molecule has 0 fully saturated rings. The highest BCUT2D eigenvalue weighted by atomic mass is 19.4. The monoisotopic (exact) mass is 477 g/mol. The number of aromatic nitrogens is 4. The molecule has 2 aliphatic heterocycles. The van der Waals surface area contributed by atoms with Gasteiger partial charge in [-0.1, -0.05) is 0 Å². The zero-order valence-electron chi connectivity index (χ0n) is 18.2. The standard InChI is InChI=1S/C22H22F3N5O4/c1-29-6-4-17(27-29)13-2-3-19-14(8-13)9-15(12-32-19)26-21(31)18-10-20-30(28-18)11-16(34-20)5-7-33-22(23,24)25/h2-4,6,8,10,15-16H,5,7,9,11-12H2,1H3,(H,26,31)/t15-,16?/m1/s1. The smallest absolute Gasteiger partial charge is 0.491 e. The molecule has 2 aromatic heterocycles. The number of amides is 1. The molecule has 3 aromatic rings. The van der Waals surface area contributed by atoms with Crippen LogP contribution >= 0.6 is 0 Å². The van der Waals surface area contributed by atoms with E-state index in [1.54, 1.807) is 4.68 Å². The second-order valence-corrected chi connectivity index (χ2v) is 8.26. The lowest BCUT2D eigenvalue weighted by Gasteiger charge is -2.26. The van der Waals surface area contributed by atoms with E-state index in [2.05, 4.69) is 20.3 Å². The number of halogens is 3. The van der Waals surface area contributed by atoms with Crippen molar-refractivity contribution >= 4 is 5.91 Å². The number of carbonyl (C=O) groups excluding carboxylic acids is 1. The van der Waals surface area contributed by atoms with Crippen LogP contribution in [0.4, 0.5) is 13.2 Å². The third kappa shape index (κ3) is 4.86. The van der Waals surface area contributed by atoms with Gasteiger partial charge in [0.15, 0.2) is 5.69 Å². The molecule has 4 heterocycles. The van der Waals surface area contributed by atoms with Crippen molar-refractivity contribution in [3.8, 4) is 22.9 Å². The number of alkyl halides is 3. The molecule has 1 N–H and O–H groups in total. The van der Waals surface area contributed by atoms with Gasteiger partial charge in [0.1, 0.15) is 18.5 Å². The first-order chi connectivity index (χ1) is 16.2. The number of hydrogen-bond donors (Lipinski definition) is 1. The molecule has 9 nitrogen and oxygen atoms in total. The first kappa shape index (κ1) is 22.3. The summed E-state index contributed by atoms with van der Waals surface area (Å²) in [6.07, 6.45) is -2.63. The third-order valence-electron chi connectivity index (χ3n) is 5.66. The number of hydrogen-bond acceptors (Lipinski definition) is 6. The highest BCUT2D eigenvalue weighted by Gasteiger charge is 2.32. The highest BCUT2D eigenvalue weighted by Crippen LogP contribution is 2.30. The Morgan fingerprint density at radius 1 is 1.26 bits per heavy atom. The van der Waals surface area contributed by atoms with E-state index in [9.17, 15) is 18.0 Å². The maximum atomic E-state index is 12.7. The van der Waals surface area contributed by atoms with Gasteiger partial charge in [-0.25, -0.2) is 4.68 Å². The van der Waals surface area contributed by atoms with Crippen LogP contribution in [0.15, 0.2) is 36.5 Å². The largest absolute Gasteiger partial charge is 0.522 e. The number of benzene rings is 1. The number of nitrogens with zero attached hydrogens (tertiary/aromatic N) is 4. The van der Waals surface area contributed by atoms with Gasteiger partial charge < -0.3 is 14.8 Å². The Balaban J connectivity index is 1.17. The molecule has 0 spiro atoms. The summed E-state index contributed by atoms with van der Waals surface area (Å²) in [6.45, 7) is 0.0740. The van der Waals surface area contributed by atoms with Crippen molar-refractivity contribution < 1.29 is 32.2 Å². The normalized spacial score (nSPS) is 19.2. The average Bonchev–Trinajstić information content (AvgIpc) is 3.47. The quantitative estimate of drug-likeness (QED) is 0.587. The molecular weight excluding hydrogens is 455 g/mol. The Morgan fingerprint density at radius 2 is 2.12 bits per heavy atom. The molecule has 34 heavy (non-hydrogen) atoms. The zero-order chi connectivity index (χ0) is 23.9. The summed E-state index contributed by atoms with van der Waals surface area (Å²) < 4.78 is 54.7. The lowest BCUT2D eigenvalue weighted by Crippen LogP contribution is -2.43. The number of nitrogens with one attached hydrogen (secondary N) is 1. The topological polar surface area (TPSA) is 92.4 Å². The minimum absolute atomic E-state index is 0.0592. The number of aryl methyl sites for hydroxylation is 1. The molecule has 1 unspecified atom stereocenters. The molecule has 0 radical (unpaired) electrons. The van der Waals surface area contributed by atoms with Crippen molar-refractivity contribution in [1.29, 1.82) is 0 Å². The lowest BCUT2D eigenvalue weighted by atomic mass is 9.99. The predicted octanol–water partition coefficient (Wildman–Crippen LogP) is 2.70. The van der Waals surface area contributed by atoms with E-state index in [-0.39, 0.29) is 30.6 Å². The molecular formula is C22H22F3N5O4. The Hall–Kier alpha value is -3.54. The lowest BCUT2D eigenvalue weighted by molar-refractivity contribution is -0.325.